The monoisotopic (exact) mass is 683 g/mol. The summed E-state index contributed by atoms with van der Waals surface area (Å²) >= 11 is 6.37. The van der Waals surface area contributed by atoms with Crippen molar-refractivity contribution in [3.05, 3.63) is 64.7 Å². The van der Waals surface area contributed by atoms with E-state index in [1.165, 1.54) is 5.56 Å². The number of hydrogen-bond acceptors (Lipinski definition) is 7. The molecule has 2 bridgehead atoms. The molecule has 2 aliphatic carbocycles. The molecule has 2 amide bonds. The lowest BCUT2D eigenvalue weighted by Crippen LogP contribution is -2.44. The molecule has 4 aliphatic rings. The van der Waals surface area contributed by atoms with Gasteiger partial charge in [-0.1, -0.05) is 36.2 Å². The minimum Gasteiger partial charge on any atom is -0.487 e. The first-order valence-corrected chi connectivity index (χ1v) is 18.7. The van der Waals surface area contributed by atoms with Gasteiger partial charge in [-0.2, -0.15) is 0 Å². The number of aryl methyl sites for hydroxylation is 1. The van der Waals surface area contributed by atoms with Crippen LogP contribution < -0.4 is 14.4 Å². The van der Waals surface area contributed by atoms with Crippen molar-refractivity contribution in [2.24, 2.45) is 22.1 Å². The van der Waals surface area contributed by atoms with E-state index in [4.69, 9.17) is 25.8 Å². The second-order valence-electron chi connectivity index (χ2n) is 13.7. The highest BCUT2D eigenvalue weighted by molar-refractivity contribution is 7.92. The predicted molar refractivity (Wildman–Crippen MR) is 183 cm³/mol. The minimum absolute atomic E-state index is 0.0838. The van der Waals surface area contributed by atoms with Gasteiger partial charge in [0.1, 0.15) is 18.0 Å². The number of nitrogens with zero attached hydrogens (tertiary/aromatic N) is 2. The lowest BCUT2D eigenvalue weighted by atomic mass is 9.70. The summed E-state index contributed by atoms with van der Waals surface area (Å²) in [7, 11) is -1.99. The first-order chi connectivity index (χ1) is 22.6. The molecule has 4 atom stereocenters. The number of carbonyl (C=O) groups excluding carboxylic acids is 2. The number of benzene rings is 2. The molecule has 0 radical (unpaired) electrons. The van der Waals surface area contributed by atoms with Crippen molar-refractivity contribution in [2.45, 2.75) is 88.4 Å². The molecule has 9 nitrogen and oxygen atoms in total. The zero-order chi connectivity index (χ0) is 33.2. The average Bonchev–Trinajstić information content (AvgIpc) is 3.02. The fraction of sp³-hybridized carbons (Fsp3) is 0.556. The van der Waals surface area contributed by atoms with Crippen LogP contribution in [0.4, 0.5) is 5.69 Å². The normalized spacial score (nSPS) is 28.9. The van der Waals surface area contributed by atoms with Gasteiger partial charge in [0.2, 0.25) is 5.91 Å². The Morgan fingerprint density at radius 3 is 2.64 bits per heavy atom. The number of ether oxygens (including phenoxy) is 3. The third-order valence-electron chi connectivity index (χ3n) is 10.2. The number of nitrogens with one attached hydrogen (secondary N) is 1. The Balaban J connectivity index is 1.47. The molecule has 1 unspecified atom stereocenters. The lowest BCUT2D eigenvalue weighted by molar-refractivity contribution is -0.137. The minimum atomic E-state index is -3.72. The fourth-order valence-electron chi connectivity index (χ4n) is 6.78. The Morgan fingerprint density at radius 2 is 1.91 bits per heavy atom. The van der Waals surface area contributed by atoms with Crippen molar-refractivity contribution in [1.29, 1.82) is 0 Å². The van der Waals surface area contributed by atoms with Gasteiger partial charge in [0.25, 0.3) is 5.91 Å². The topological polar surface area (TPSA) is 107 Å². The number of hydrogen-bond donors (Lipinski definition) is 1. The van der Waals surface area contributed by atoms with Crippen LogP contribution in [0.15, 0.2) is 57.8 Å². The highest BCUT2D eigenvalue weighted by Gasteiger charge is 2.38. The highest BCUT2D eigenvalue weighted by Crippen LogP contribution is 2.42. The number of rotatable bonds is 3. The summed E-state index contributed by atoms with van der Waals surface area (Å²) in [6.07, 6.45) is 11.1. The Hall–Kier alpha value is -2.92. The van der Waals surface area contributed by atoms with Crippen LogP contribution in [0.1, 0.15) is 69.9 Å². The van der Waals surface area contributed by atoms with Crippen LogP contribution in [0.25, 0.3) is 0 Å². The summed E-state index contributed by atoms with van der Waals surface area (Å²) in [5.74, 6) is 0.0133. The molecular weight excluding hydrogens is 638 g/mol. The van der Waals surface area contributed by atoms with Crippen LogP contribution in [-0.2, 0) is 42.0 Å². The van der Waals surface area contributed by atoms with Crippen LogP contribution in [0.3, 0.4) is 0 Å². The Labute approximate surface area is 283 Å². The van der Waals surface area contributed by atoms with Crippen LogP contribution >= 0.6 is 11.6 Å². The summed E-state index contributed by atoms with van der Waals surface area (Å²) in [6, 6.07) is 11.2. The van der Waals surface area contributed by atoms with Gasteiger partial charge in [-0.05, 0) is 112 Å². The number of halogens is 1. The van der Waals surface area contributed by atoms with Gasteiger partial charge in [0, 0.05) is 31.1 Å². The maximum atomic E-state index is 14.8. The van der Waals surface area contributed by atoms with E-state index < -0.39 is 21.4 Å². The maximum Gasteiger partial charge on any atom is 0.287 e. The van der Waals surface area contributed by atoms with E-state index >= 15 is 0 Å². The van der Waals surface area contributed by atoms with Crippen LogP contribution in [0, 0.1) is 17.8 Å². The lowest BCUT2D eigenvalue weighted by Gasteiger charge is -2.43. The van der Waals surface area contributed by atoms with Gasteiger partial charge in [-0.3, -0.25) is 14.3 Å². The molecule has 2 aromatic rings. The van der Waals surface area contributed by atoms with Crippen LogP contribution in [0.2, 0.25) is 5.02 Å². The highest BCUT2D eigenvalue weighted by atomic mass is 35.5. The number of amides is 2. The second-order valence-corrected chi connectivity index (χ2v) is 16.0. The van der Waals surface area contributed by atoms with E-state index in [0.717, 1.165) is 75.7 Å². The first kappa shape index (κ1) is 34.0. The van der Waals surface area contributed by atoms with E-state index in [0.29, 0.717) is 29.2 Å². The van der Waals surface area contributed by atoms with Gasteiger partial charge in [0.15, 0.2) is 9.92 Å². The molecule has 6 rings (SSSR count). The molecule has 2 heterocycles. The smallest absolute Gasteiger partial charge is 0.287 e. The van der Waals surface area contributed by atoms with E-state index in [1.807, 2.05) is 30.4 Å². The molecule has 0 aromatic heterocycles. The van der Waals surface area contributed by atoms with Crippen molar-refractivity contribution in [2.75, 3.05) is 31.7 Å². The van der Waals surface area contributed by atoms with Crippen molar-refractivity contribution >= 4 is 39.0 Å². The zero-order valence-electron chi connectivity index (χ0n) is 27.5. The third kappa shape index (κ3) is 7.56. The number of fused-ring (bicyclic) bond motifs is 3. The van der Waals surface area contributed by atoms with Crippen LogP contribution in [-0.4, -0.2) is 54.5 Å². The summed E-state index contributed by atoms with van der Waals surface area (Å²) in [5.41, 5.74) is 1.63. The Kier molecular flexibility index (Phi) is 10.3. The molecular formula is C36H46ClN3O6S. The third-order valence-corrected chi connectivity index (χ3v) is 12.2. The van der Waals surface area contributed by atoms with E-state index in [1.54, 1.807) is 39.2 Å². The molecule has 1 N–H and O–H groups in total. The quantitative estimate of drug-likeness (QED) is 0.361. The molecule has 2 aliphatic heterocycles. The first-order valence-electron chi connectivity index (χ1n) is 16.8. The fourth-order valence-corrected chi connectivity index (χ4v) is 8.66. The molecule has 254 valence electrons. The standard InChI is InChI=1S/C36H46ClN3O6S/c1-36(2)35(42)39-47(43,38-34(41)24-9-6-10-24)29-15-17-33-31(21-29)40(22-26-13-16-30(26)32(44-3)11-7-19-46-36)18-5-4-8-25-20-28(37)14-12-27(25)23-45-33/h7,11-12,14-15,17,20-21,24,26,30,32H,4-6,8-10,13,16,18-19,22-23H2,1-3H3,(H,38,39,41,42,43)/b11-7+/t26-,30+,32-,47?/m0/s1. The van der Waals surface area contributed by atoms with E-state index in [2.05, 4.69) is 14.0 Å². The van der Waals surface area contributed by atoms with Crippen molar-refractivity contribution < 1.29 is 28.0 Å². The van der Waals surface area contributed by atoms with Gasteiger partial charge in [0.05, 0.1) is 23.3 Å². The summed E-state index contributed by atoms with van der Waals surface area (Å²) in [5, 5.41) is 0.706. The van der Waals surface area contributed by atoms with Gasteiger partial charge >= 0.3 is 0 Å². The second kappa shape index (κ2) is 14.3. The van der Waals surface area contributed by atoms with Gasteiger partial charge in [-0.25, -0.2) is 4.21 Å². The molecule has 0 saturated heterocycles. The molecule has 2 saturated carbocycles. The van der Waals surface area contributed by atoms with E-state index in [9.17, 15) is 13.8 Å². The number of carbonyl (C=O) groups is 2. The largest absolute Gasteiger partial charge is 0.487 e. The van der Waals surface area contributed by atoms with Crippen molar-refractivity contribution in [3.63, 3.8) is 0 Å². The SMILES string of the molecule is CO[C@H]1/C=C/COC(C)(C)C(=O)N=S(=O)(NC(=O)C2CCC2)c2ccc3c(c2)N(CCCCc2cc(Cl)ccc2CO3)C[C@@H]2CC[C@H]21. The Morgan fingerprint density at radius 1 is 1.09 bits per heavy atom. The summed E-state index contributed by atoms with van der Waals surface area (Å²) in [6.45, 7) is 5.23. The number of methoxy groups -OCH3 is 1. The molecule has 11 heteroatoms. The van der Waals surface area contributed by atoms with Crippen LogP contribution in [0.5, 0.6) is 5.75 Å². The van der Waals surface area contributed by atoms with Gasteiger partial charge in [-0.15, -0.1) is 4.36 Å². The van der Waals surface area contributed by atoms with E-state index in [-0.39, 0.29) is 29.4 Å². The number of anilines is 1. The average molecular weight is 684 g/mol. The molecule has 2 fully saturated rings. The molecule has 2 aromatic carbocycles. The predicted octanol–water partition coefficient (Wildman–Crippen LogP) is 6.65. The summed E-state index contributed by atoms with van der Waals surface area (Å²) < 4.78 is 40.2. The molecule has 0 spiro atoms. The maximum absolute atomic E-state index is 14.8. The van der Waals surface area contributed by atoms with Crippen molar-refractivity contribution in [3.8, 4) is 5.75 Å². The van der Waals surface area contributed by atoms with Crippen molar-refractivity contribution in [1.82, 2.24) is 4.72 Å². The molecule has 47 heavy (non-hydrogen) atoms. The zero-order valence-corrected chi connectivity index (χ0v) is 29.1. The van der Waals surface area contributed by atoms with Gasteiger partial charge < -0.3 is 19.1 Å². The summed E-state index contributed by atoms with van der Waals surface area (Å²) in [4.78, 5) is 29.5. The Bertz CT molecular complexity index is 1650.